The van der Waals surface area contributed by atoms with Crippen molar-refractivity contribution in [3.05, 3.63) is 35.5 Å². The molecule has 0 saturated carbocycles. The summed E-state index contributed by atoms with van der Waals surface area (Å²) in [6.07, 6.45) is 0. The Kier molecular flexibility index (Phi) is 2.82. The minimum Gasteiger partial charge on any atom is -0.497 e. The number of aromatic nitrogens is 1. The van der Waals surface area contributed by atoms with Gasteiger partial charge < -0.3 is 14.4 Å². The van der Waals surface area contributed by atoms with E-state index in [0.717, 1.165) is 0 Å². The number of benzene rings is 1. The van der Waals surface area contributed by atoms with Crippen LogP contribution < -0.4 is 4.74 Å². The smallest absolute Gasteiger partial charge is 0.341 e. The number of carboxylic acid groups (broad SMARTS) is 1. The maximum atomic E-state index is 11.1. The Morgan fingerprint density at radius 2 is 2.24 bits per heavy atom. The fourth-order valence-corrected chi connectivity index (χ4v) is 1.58. The summed E-state index contributed by atoms with van der Waals surface area (Å²) in [6, 6.07) is 6.98. The lowest BCUT2D eigenvalue weighted by molar-refractivity contribution is 0.0696. The molecular formula is C12H11NO4. The van der Waals surface area contributed by atoms with Gasteiger partial charge in [0.2, 0.25) is 0 Å². The van der Waals surface area contributed by atoms with Crippen LogP contribution in [0.15, 0.2) is 28.8 Å². The van der Waals surface area contributed by atoms with E-state index in [1.807, 2.05) is 0 Å². The summed E-state index contributed by atoms with van der Waals surface area (Å²) < 4.78 is 10.1. The SMILES string of the molecule is COc1cccc(-c2onc(C)c2C(=O)O)c1. The fraction of sp³-hybridized carbons (Fsp3) is 0.167. The predicted molar refractivity (Wildman–Crippen MR) is 60.2 cm³/mol. The summed E-state index contributed by atoms with van der Waals surface area (Å²) in [5, 5.41) is 12.8. The van der Waals surface area contributed by atoms with E-state index in [4.69, 9.17) is 14.4 Å². The Morgan fingerprint density at radius 1 is 1.47 bits per heavy atom. The summed E-state index contributed by atoms with van der Waals surface area (Å²) in [5.74, 6) is -0.177. The molecule has 0 saturated heterocycles. The molecule has 88 valence electrons. The second kappa shape index (κ2) is 4.29. The first-order valence-electron chi connectivity index (χ1n) is 4.97. The van der Waals surface area contributed by atoms with Gasteiger partial charge >= 0.3 is 5.97 Å². The lowest BCUT2D eigenvalue weighted by atomic mass is 10.1. The lowest BCUT2D eigenvalue weighted by Gasteiger charge is -2.02. The Bertz CT molecular complexity index is 559. The number of carboxylic acids is 1. The predicted octanol–water partition coefficient (Wildman–Crippen LogP) is 2.36. The minimum absolute atomic E-state index is 0.0817. The summed E-state index contributed by atoms with van der Waals surface area (Å²) in [7, 11) is 1.54. The van der Waals surface area contributed by atoms with Gasteiger partial charge in [0.05, 0.1) is 12.8 Å². The van der Waals surface area contributed by atoms with Crippen molar-refractivity contribution >= 4 is 5.97 Å². The number of nitrogens with zero attached hydrogens (tertiary/aromatic N) is 1. The van der Waals surface area contributed by atoms with Crippen LogP contribution in [0.3, 0.4) is 0 Å². The van der Waals surface area contributed by atoms with Crippen LogP contribution in [-0.4, -0.2) is 23.3 Å². The fourth-order valence-electron chi connectivity index (χ4n) is 1.58. The molecule has 0 aliphatic rings. The molecule has 0 fully saturated rings. The van der Waals surface area contributed by atoms with Crippen LogP contribution in [0.4, 0.5) is 0 Å². The Labute approximate surface area is 97.6 Å². The van der Waals surface area contributed by atoms with Crippen molar-refractivity contribution in [2.24, 2.45) is 0 Å². The quantitative estimate of drug-likeness (QED) is 0.880. The highest BCUT2D eigenvalue weighted by Gasteiger charge is 2.21. The molecule has 0 radical (unpaired) electrons. The molecule has 1 aromatic heterocycles. The molecule has 1 N–H and O–H groups in total. The average molecular weight is 233 g/mol. The zero-order valence-electron chi connectivity index (χ0n) is 9.43. The van der Waals surface area contributed by atoms with E-state index >= 15 is 0 Å². The number of hydrogen-bond donors (Lipinski definition) is 1. The van der Waals surface area contributed by atoms with Gasteiger partial charge in [-0.1, -0.05) is 17.3 Å². The van der Waals surface area contributed by atoms with Gasteiger partial charge in [0.25, 0.3) is 0 Å². The molecule has 0 aliphatic heterocycles. The molecule has 0 spiro atoms. The van der Waals surface area contributed by atoms with E-state index in [9.17, 15) is 4.79 Å². The number of carbonyl (C=O) groups is 1. The third kappa shape index (κ3) is 1.99. The number of rotatable bonds is 3. The van der Waals surface area contributed by atoms with E-state index in [0.29, 0.717) is 17.0 Å². The van der Waals surface area contributed by atoms with Crippen molar-refractivity contribution in [1.29, 1.82) is 0 Å². The largest absolute Gasteiger partial charge is 0.497 e. The zero-order chi connectivity index (χ0) is 12.4. The van der Waals surface area contributed by atoms with Gasteiger partial charge in [-0.15, -0.1) is 0 Å². The van der Waals surface area contributed by atoms with E-state index in [-0.39, 0.29) is 11.3 Å². The topological polar surface area (TPSA) is 72.6 Å². The molecule has 0 amide bonds. The van der Waals surface area contributed by atoms with Crippen LogP contribution in [0.5, 0.6) is 5.75 Å². The molecule has 5 heteroatoms. The number of methoxy groups -OCH3 is 1. The molecule has 0 atom stereocenters. The van der Waals surface area contributed by atoms with Crippen molar-refractivity contribution < 1.29 is 19.2 Å². The van der Waals surface area contributed by atoms with Gasteiger partial charge in [0, 0.05) is 5.56 Å². The summed E-state index contributed by atoms with van der Waals surface area (Å²) in [5.41, 5.74) is 1.07. The molecule has 2 aromatic rings. The van der Waals surface area contributed by atoms with Gasteiger partial charge in [0.15, 0.2) is 5.76 Å². The Balaban J connectivity index is 2.56. The summed E-state index contributed by atoms with van der Waals surface area (Å²) >= 11 is 0. The van der Waals surface area contributed by atoms with E-state index in [2.05, 4.69) is 5.16 Å². The maximum Gasteiger partial charge on any atom is 0.341 e. The molecule has 1 aromatic carbocycles. The highest BCUT2D eigenvalue weighted by Crippen LogP contribution is 2.28. The maximum absolute atomic E-state index is 11.1. The van der Waals surface area contributed by atoms with Crippen molar-refractivity contribution in [2.45, 2.75) is 6.92 Å². The van der Waals surface area contributed by atoms with Gasteiger partial charge in [-0.3, -0.25) is 0 Å². The van der Waals surface area contributed by atoms with Gasteiger partial charge in [-0.05, 0) is 19.1 Å². The Morgan fingerprint density at radius 3 is 2.88 bits per heavy atom. The molecule has 0 bridgehead atoms. The first kappa shape index (κ1) is 11.2. The molecule has 17 heavy (non-hydrogen) atoms. The second-order valence-electron chi connectivity index (χ2n) is 3.51. The van der Waals surface area contributed by atoms with Crippen LogP contribution in [0.1, 0.15) is 16.1 Å². The van der Waals surface area contributed by atoms with Crippen LogP contribution in [0.25, 0.3) is 11.3 Å². The third-order valence-corrected chi connectivity index (χ3v) is 2.41. The molecule has 5 nitrogen and oxygen atoms in total. The lowest BCUT2D eigenvalue weighted by Crippen LogP contribution is -1.99. The summed E-state index contributed by atoms with van der Waals surface area (Å²) in [6.45, 7) is 1.59. The second-order valence-corrected chi connectivity index (χ2v) is 3.51. The third-order valence-electron chi connectivity index (χ3n) is 2.41. The summed E-state index contributed by atoms with van der Waals surface area (Å²) in [4.78, 5) is 11.1. The first-order chi connectivity index (χ1) is 8.13. The van der Waals surface area contributed by atoms with Crippen LogP contribution in [-0.2, 0) is 0 Å². The van der Waals surface area contributed by atoms with Crippen molar-refractivity contribution in [2.75, 3.05) is 7.11 Å². The van der Waals surface area contributed by atoms with Crippen molar-refractivity contribution in [3.8, 4) is 17.1 Å². The monoisotopic (exact) mass is 233 g/mol. The Hall–Kier alpha value is -2.30. The average Bonchev–Trinajstić information content (AvgIpc) is 2.71. The molecule has 0 aliphatic carbocycles. The van der Waals surface area contributed by atoms with Crippen molar-refractivity contribution in [1.82, 2.24) is 5.16 Å². The number of aromatic carboxylic acids is 1. The highest BCUT2D eigenvalue weighted by molar-refractivity contribution is 5.95. The standard InChI is InChI=1S/C12H11NO4/c1-7-10(12(14)15)11(17-13-7)8-4-3-5-9(6-8)16-2/h3-6H,1-2H3,(H,14,15). The number of hydrogen-bond acceptors (Lipinski definition) is 4. The van der Waals surface area contributed by atoms with Crippen molar-refractivity contribution in [3.63, 3.8) is 0 Å². The highest BCUT2D eigenvalue weighted by atomic mass is 16.5. The molecule has 2 rings (SSSR count). The van der Waals surface area contributed by atoms with E-state index in [1.54, 1.807) is 38.3 Å². The van der Waals surface area contributed by atoms with Gasteiger partial charge in [0.1, 0.15) is 11.3 Å². The normalized spacial score (nSPS) is 10.2. The number of ether oxygens (including phenoxy) is 1. The zero-order valence-corrected chi connectivity index (χ0v) is 9.43. The molecule has 0 unspecified atom stereocenters. The molecular weight excluding hydrogens is 222 g/mol. The van der Waals surface area contributed by atoms with Crippen LogP contribution in [0, 0.1) is 6.92 Å². The van der Waals surface area contributed by atoms with E-state index in [1.165, 1.54) is 0 Å². The van der Waals surface area contributed by atoms with Gasteiger partial charge in [-0.25, -0.2) is 4.79 Å². The van der Waals surface area contributed by atoms with E-state index < -0.39 is 5.97 Å². The van der Waals surface area contributed by atoms with Crippen LogP contribution >= 0.6 is 0 Å². The number of aryl methyl sites for hydroxylation is 1. The minimum atomic E-state index is -1.05. The van der Waals surface area contributed by atoms with Crippen LogP contribution in [0.2, 0.25) is 0 Å². The molecule has 1 heterocycles. The first-order valence-corrected chi connectivity index (χ1v) is 4.97. The van der Waals surface area contributed by atoms with Gasteiger partial charge in [-0.2, -0.15) is 0 Å².